The van der Waals surface area contributed by atoms with Crippen LogP contribution in [-0.4, -0.2) is 38.0 Å². The predicted molar refractivity (Wildman–Crippen MR) is 149 cm³/mol. The fraction of sp³-hybridized carbons (Fsp3) is 0.310. The Morgan fingerprint density at radius 1 is 1.13 bits per heavy atom. The monoisotopic (exact) mass is 533 g/mol. The van der Waals surface area contributed by atoms with Crippen molar-refractivity contribution in [1.29, 1.82) is 0 Å². The molecule has 2 aliphatic rings. The Morgan fingerprint density at radius 2 is 1.82 bits per heavy atom. The van der Waals surface area contributed by atoms with Crippen LogP contribution in [0.2, 0.25) is 18.6 Å². The number of nitrogens with zero attached hydrogens (tertiary/aromatic N) is 1. The third kappa shape index (κ3) is 4.20. The van der Waals surface area contributed by atoms with Gasteiger partial charge in [-0.2, -0.15) is 0 Å². The highest BCUT2D eigenvalue weighted by molar-refractivity contribution is 6.72. The van der Waals surface area contributed by atoms with E-state index >= 15 is 4.11 Å². The first-order chi connectivity index (χ1) is 18.1. The van der Waals surface area contributed by atoms with E-state index in [1.807, 2.05) is 37.3 Å². The van der Waals surface area contributed by atoms with Crippen molar-refractivity contribution in [1.82, 2.24) is 0 Å². The third-order valence-corrected chi connectivity index (χ3v) is 10.2. The van der Waals surface area contributed by atoms with Crippen LogP contribution < -0.4 is 16.0 Å². The maximum atomic E-state index is 15.7. The number of aliphatic hydroxyl groups excluding tert-OH is 1. The molecule has 2 amide bonds. The minimum atomic E-state index is -3.31. The largest absolute Gasteiger partial charge is 0.399 e. The highest BCUT2D eigenvalue weighted by Crippen LogP contribution is 2.61. The normalized spacial score (nSPS) is 24.6. The number of hydrogen-bond acceptors (Lipinski definition) is 5. The maximum absolute atomic E-state index is 15.7. The van der Waals surface area contributed by atoms with Gasteiger partial charge in [0.25, 0.3) is 11.8 Å². The summed E-state index contributed by atoms with van der Waals surface area (Å²) in [4.78, 5) is 28.9. The Hall–Kier alpha value is -3.53. The molecule has 3 aromatic carbocycles. The van der Waals surface area contributed by atoms with E-state index < -0.39 is 31.6 Å². The molecule has 1 saturated heterocycles. The van der Waals surface area contributed by atoms with Gasteiger partial charge in [-0.15, -0.1) is 0 Å². The van der Waals surface area contributed by atoms with E-state index in [2.05, 4.69) is 5.32 Å². The quantitative estimate of drug-likeness (QED) is 0.225. The molecule has 198 valence electrons. The molecule has 3 aromatic rings. The molecule has 2 heterocycles. The minimum Gasteiger partial charge on any atom is -0.399 e. The van der Waals surface area contributed by atoms with Gasteiger partial charge in [0.15, 0.2) is 5.60 Å². The first-order valence-corrected chi connectivity index (χ1v) is 15.7. The van der Waals surface area contributed by atoms with Gasteiger partial charge < -0.3 is 25.0 Å². The van der Waals surface area contributed by atoms with E-state index in [1.54, 1.807) is 60.5 Å². The van der Waals surface area contributed by atoms with Crippen molar-refractivity contribution < 1.29 is 23.5 Å². The second-order valence-electron chi connectivity index (χ2n) is 10.6. The molecule has 1 spiro atoms. The number of halogens is 1. The van der Waals surface area contributed by atoms with Gasteiger partial charge in [-0.05, 0) is 74.1 Å². The zero-order valence-corrected chi connectivity index (χ0v) is 22.6. The first-order valence-electron chi connectivity index (χ1n) is 12.8. The summed E-state index contributed by atoms with van der Waals surface area (Å²) in [5.41, 5.74) is 7.15. The third-order valence-electron chi connectivity index (χ3n) is 7.73. The van der Waals surface area contributed by atoms with Gasteiger partial charge in [0.05, 0.1) is 11.8 Å². The SMILES string of the molecule is C[C@H]1[C@H]([Si](C)(C)F)[C@@H](CCO)O[C@]12C(=O)N(c1ccccc1)c1ccc(NC(=O)c3ccc(N)cc3)cc12. The summed E-state index contributed by atoms with van der Waals surface area (Å²) in [5.74, 6) is -1.11. The molecule has 1 fully saturated rings. The van der Waals surface area contributed by atoms with Crippen molar-refractivity contribution in [3.8, 4) is 0 Å². The van der Waals surface area contributed by atoms with Gasteiger partial charge in [0.1, 0.15) is 0 Å². The Bertz CT molecular complexity index is 1360. The number of carbonyl (C=O) groups excluding carboxylic acids is 2. The average Bonchev–Trinajstić information content (AvgIpc) is 3.31. The highest BCUT2D eigenvalue weighted by Gasteiger charge is 2.66. The Balaban J connectivity index is 1.62. The summed E-state index contributed by atoms with van der Waals surface area (Å²) < 4.78 is 22.3. The number of nitrogens with two attached hydrogens (primary N) is 1. The van der Waals surface area contributed by atoms with Gasteiger partial charge in [0.2, 0.25) is 8.41 Å². The Labute approximate surface area is 222 Å². The van der Waals surface area contributed by atoms with Crippen LogP contribution >= 0.6 is 0 Å². The molecule has 0 unspecified atom stereocenters. The van der Waals surface area contributed by atoms with Crippen molar-refractivity contribution in [2.75, 3.05) is 22.6 Å². The lowest BCUT2D eigenvalue weighted by atomic mass is 9.82. The number of benzene rings is 3. The van der Waals surface area contributed by atoms with E-state index in [0.717, 1.165) is 0 Å². The number of carbonyl (C=O) groups is 2. The van der Waals surface area contributed by atoms with Gasteiger partial charge in [0, 0.05) is 46.3 Å². The number of ether oxygens (including phenoxy) is 1. The van der Waals surface area contributed by atoms with E-state index in [-0.39, 0.29) is 24.8 Å². The van der Waals surface area contributed by atoms with Crippen molar-refractivity contribution >= 4 is 43.0 Å². The standard InChI is InChI=1S/C29H32FN3O4Si/c1-18-26(38(2,3)30)25(15-16-34)37-29(18)23-17-21(32-27(35)19-9-11-20(31)12-10-19)13-14-24(23)33(28(29)36)22-7-5-4-6-8-22/h4-14,17-18,25-26,34H,15-16,31H2,1-3H3,(H,32,35)/t18-,25+,26-,29+/m0/s1. The number of anilines is 4. The zero-order valence-electron chi connectivity index (χ0n) is 21.6. The Kier molecular flexibility index (Phi) is 6.62. The molecule has 0 aliphatic carbocycles. The topological polar surface area (TPSA) is 105 Å². The fourth-order valence-corrected chi connectivity index (χ4v) is 8.66. The number of hydrogen-bond donors (Lipinski definition) is 3. The molecule has 7 nitrogen and oxygen atoms in total. The summed E-state index contributed by atoms with van der Waals surface area (Å²) in [7, 11) is -3.31. The number of amides is 2. The molecule has 38 heavy (non-hydrogen) atoms. The molecule has 0 aromatic heterocycles. The zero-order chi connectivity index (χ0) is 27.2. The molecule has 5 rings (SSSR count). The molecule has 4 N–H and O–H groups in total. The average molecular weight is 534 g/mol. The maximum Gasteiger partial charge on any atom is 0.268 e. The van der Waals surface area contributed by atoms with E-state index in [0.29, 0.717) is 33.9 Å². The van der Waals surface area contributed by atoms with Crippen LogP contribution in [-0.2, 0) is 15.1 Å². The Morgan fingerprint density at radius 3 is 2.45 bits per heavy atom. The predicted octanol–water partition coefficient (Wildman–Crippen LogP) is 5.36. The summed E-state index contributed by atoms with van der Waals surface area (Å²) in [5, 5.41) is 12.7. The van der Waals surface area contributed by atoms with Crippen LogP contribution in [0.1, 0.15) is 29.3 Å². The van der Waals surface area contributed by atoms with Crippen LogP contribution in [0.25, 0.3) is 0 Å². The summed E-state index contributed by atoms with van der Waals surface area (Å²) in [6, 6.07) is 21.1. The van der Waals surface area contributed by atoms with Crippen molar-refractivity contribution in [2.24, 2.45) is 5.92 Å². The molecule has 0 saturated carbocycles. The molecule has 0 bridgehead atoms. The van der Waals surface area contributed by atoms with Gasteiger partial charge in [-0.3, -0.25) is 14.5 Å². The second kappa shape index (κ2) is 9.65. The molecule has 4 atom stereocenters. The lowest BCUT2D eigenvalue weighted by molar-refractivity contribution is -0.145. The lowest BCUT2D eigenvalue weighted by Gasteiger charge is -2.31. The molecular formula is C29H32FN3O4Si. The van der Waals surface area contributed by atoms with Gasteiger partial charge in [-0.1, -0.05) is 25.1 Å². The van der Waals surface area contributed by atoms with Crippen LogP contribution in [0.5, 0.6) is 0 Å². The van der Waals surface area contributed by atoms with Crippen LogP contribution in [0.3, 0.4) is 0 Å². The summed E-state index contributed by atoms with van der Waals surface area (Å²) in [6.07, 6.45) is -0.374. The van der Waals surface area contributed by atoms with Crippen LogP contribution in [0.4, 0.5) is 26.9 Å². The molecule has 9 heteroatoms. The summed E-state index contributed by atoms with van der Waals surface area (Å²) >= 11 is 0. The smallest absolute Gasteiger partial charge is 0.268 e. The number of nitrogens with one attached hydrogen (secondary N) is 1. The molecule has 0 radical (unpaired) electrons. The van der Waals surface area contributed by atoms with Crippen molar-refractivity contribution in [3.05, 3.63) is 83.9 Å². The number of para-hydroxylation sites is 1. The van der Waals surface area contributed by atoms with Crippen LogP contribution in [0.15, 0.2) is 72.8 Å². The minimum absolute atomic E-state index is 0.171. The number of fused-ring (bicyclic) bond motifs is 2. The van der Waals surface area contributed by atoms with Crippen LogP contribution in [0, 0.1) is 5.92 Å². The first kappa shape index (κ1) is 26.1. The fourth-order valence-electron chi connectivity index (χ4n) is 6.12. The number of rotatable bonds is 6. The van der Waals surface area contributed by atoms with E-state index in [4.69, 9.17) is 10.5 Å². The van der Waals surface area contributed by atoms with Gasteiger partial charge in [-0.25, -0.2) is 0 Å². The summed E-state index contributed by atoms with van der Waals surface area (Å²) in [6.45, 7) is 4.95. The number of nitrogen functional groups attached to an aromatic ring is 1. The molecule has 2 aliphatic heterocycles. The number of aliphatic hydroxyl groups is 1. The lowest BCUT2D eigenvalue weighted by Crippen LogP contribution is -2.44. The highest BCUT2D eigenvalue weighted by atomic mass is 28.4. The second-order valence-corrected chi connectivity index (χ2v) is 14.4. The van der Waals surface area contributed by atoms with Gasteiger partial charge >= 0.3 is 0 Å². The van der Waals surface area contributed by atoms with E-state index in [1.165, 1.54) is 0 Å². The van der Waals surface area contributed by atoms with Crippen molar-refractivity contribution in [3.63, 3.8) is 0 Å². The molecular weight excluding hydrogens is 501 g/mol. The van der Waals surface area contributed by atoms with E-state index in [9.17, 15) is 14.7 Å². The van der Waals surface area contributed by atoms with Crippen molar-refractivity contribution in [2.45, 2.75) is 43.7 Å².